The molecule has 27 heavy (non-hydrogen) atoms. The normalized spacial score (nSPS) is 14.3. The molecule has 1 aliphatic carbocycles. The summed E-state index contributed by atoms with van der Waals surface area (Å²) >= 11 is 0. The maximum absolute atomic E-state index is 12.5. The van der Waals surface area contributed by atoms with Crippen LogP contribution in [0.15, 0.2) is 18.6 Å². The summed E-state index contributed by atoms with van der Waals surface area (Å²) < 4.78 is 2.80. The van der Waals surface area contributed by atoms with Gasteiger partial charge in [0.1, 0.15) is 6.54 Å². The Morgan fingerprint density at radius 3 is 2.59 bits per heavy atom. The van der Waals surface area contributed by atoms with Gasteiger partial charge in [0.05, 0.1) is 17.4 Å². The minimum Gasteiger partial charge on any atom is -0.478 e. The van der Waals surface area contributed by atoms with Gasteiger partial charge in [0.25, 0.3) is 5.91 Å². The summed E-state index contributed by atoms with van der Waals surface area (Å²) in [6.07, 6.45) is 8.14. The van der Waals surface area contributed by atoms with Crippen LogP contribution in [0.4, 0.5) is 5.69 Å². The lowest BCUT2D eigenvalue weighted by molar-refractivity contribution is -0.116. The van der Waals surface area contributed by atoms with Gasteiger partial charge in [0.15, 0.2) is 5.69 Å². The van der Waals surface area contributed by atoms with Crippen molar-refractivity contribution in [3.63, 3.8) is 0 Å². The van der Waals surface area contributed by atoms with Gasteiger partial charge in [-0.15, -0.1) is 0 Å². The third-order valence-corrected chi connectivity index (χ3v) is 4.45. The first-order valence-corrected chi connectivity index (χ1v) is 8.90. The number of hydrogen-bond acceptors (Lipinski definition) is 5. The molecule has 1 fully saturated rings. The van der Waals surface area contributed by atoms with Crippen LogP contribution in [0.3, 0.4) is 0 Å². The number of carbonyl (C=O) groups excluding carboxylic acids is 2. The Balaban J connectivity index is 1.68. The molecule has 0 saturated heterocycles. The molecule has 10 heteroatoms. The minimum atomic E-state index is -1.11. The van der Waals surface area contributed by atoms with Crippen LogP contribution in [0.2, 0.25) is 0 Å². The summed E-state index contributed by atoms with van der Waals surface area (Å²) in [5.41, 5.74) is 0.491. The van der Waals surface area contributed by atoms with E-state index in [1.165, 1.54) is 17.1 Å². The number of aromatic nitrogens is 4. The number of carboxylic acids is 1. The Labute approximate surface area is 155 Å². The summed E-state index contributed by atoms with van der Waals surface area (Å²) in [7, 11) is 0. The molecule has 3 N–H and O–H groups in total. The smallest absolute Gasteiger partial charge is 0.338 e. The fourth-order valence-corrected chi connectivity index (χ4v) is 3.06. The van der Waals surface area contributed by atoms with E-state index in [0.717, 1.165) is 25.7 Å². The van der Waals surface area contributed by atoms with E-state index in [9.17, 15) is 14.4 Å². The highest BCUT2D eigenvalue weighted by molar-refractivity contribution is 6.02. The monoisotopic (exact) mass is 374 g/mol. The van der Waals surface area contributed by atoms with E-state index in [4.69, 9.17) is 5.11 Å². The second kappa shape index (κ2) is 8.02. The third-order valence-electron chi connectivity index (χ3n) is 4.45. The van der Waals surface area contributed by atoms with Gasteiger partial charge in [0, 0.05) is 25.0 Å². The molecule has 2 aromatic rings. The van der Waals surface area contributed by atoms with Crippen molar-refractivity contribution in [1.82, 2.24) is 24.9 Å². The molecule has 0 atom stereocenters. The molecule has 0 aromatic carbocycles. The summed E-state index contributed by atoms with van der Waals surface area (Å²) in [4.78, 5) is 35.7. The van der Waals surface area contributed by atoms with Crippen molar-refractivity contribution < 1.29 is 19.5 Å². The van der Waals surface area contributed by atoms with E-state index in [1.807, 2.05) is 6.92 Å². The van der Waals surface area contributed by atoms with Crippen LogP contribution in [-0.2, 0) is 17.9 Å². The van der Waals surface area contributed by atoms with Crippen molar-refractivity contribution in [2.24, 2.45) is 0 Å². The van der Waals surface area contributed by atoms with E-state index in [1.54, 1.807) is 10.9 Å². The van der Waals surface area contributed by atoms with Gasteiger partial charge in [0.2, 0.25) is 5.91 Å². The largest absolute Gasteiger partial charge is 0.478 e. The molecule has 0 radical (unpaired) electrons. The number of nitrogens with one attached hydrogen (secondary N) is 2. The van der Waals surface area contributed by atoms with Crippen molar-refractivity contribution in [1.29, 1.82) is 0 Å². The summed E-state index contributed by atoms with van der Waals surface area (Å²) in [5.74, 6) is -1.85. The molecule has 3 rings (SSSR count). The van der Waals surface area contributed by atoms with Gasteiger partial charge in [-0.3, -0.25) is 19.0 Å². The van der Waals surface area contributed by atoms with Crippen molar-refractivity contribution in [2.45, 2.75) is 51.7 Å². The summed E-state index contributed by atoms with van der Waals surface area (Å²) in [5, 5.41) is 22.6. The van der Waals surface area contributed by atoms with Gasteiger partial charge < -0.3 is 15.7 Å². The molecular weight excluding hydrogens is 352 g/mol. The predicted octanol–water partition coefficient (Wildman–Crippen LogP) is 1.11. The fourth-order valence-electron chi connectivity index (χ4n) is 3.06. The van der Waals surface area contributed by atoms with Crippen molar-refractivity contribution in [2.75, 3.05) is 5.32 Å². The van der Waals surface area contributed by atoms with Crippen molar-refractivity contribution >= 4 is 23.5 Å². The number of hydrogen-bond donors (Lipinski definition) is 3. The molecule has 2 aromatic heterocycles. The number of nitrogens with zero attached hydrogens (tertiary/aromatic N) is 4. The first-order valence-electron chi connectivity index (χ1n) is 8.90. The first-order chi connectivity index (χ1) is 13.0. The lowest BCUT2D eigenvalue weighted by Gasteiger charge is -2.11. The average Bonchev–Trinajstić information content (AvgIpc) is 3.35. The quantitative estimate of drug-likeness (QED) is 0.665. The number of aromatic carboxylic acids is 1. The van der Waals surface area contributed by atoms with Crippen LogP contribution < -0.4 is 10.6 Å². The van der Waals surface area contributed by atoms with Crippen molar-refractivity contribution in [3.8, 4) is 0 Å². The Hall–Kier alpha value is -3.17. The predicted molar refractivity (Wildman–Crippen MR) is 95.4 cm³/mol. The highest BCUT2D eigenvalue weighted by Crippen LogP contribution is 2.20. The zero-order chi connectivity index (χ0) is 19.4. The Morgan fingerprint density at radius 2 is 1.96 bits per heavy atom. The molecule has 1 aliphatic rings. The van der Waals surface area contributed by atoms with Crippen LogP contribution >= 0.6 is 0 Å². The Morgan fingerprint density at radius 1 is 1.22 bits per heavy atom. The molecule has 1 saturated carbocycles. The van der Waals surface area contributed by atoms with E-state index in [2.05, 4.69) is 20.8 Å². The average molecular weight is 374 g/mol. The lowest BCUT2D eigenvalue weighted by atomic mass is 10.2. The molecular formula is C17H22N6O4. The van der Waals surface area contributed by atoms with Gasteiger partial charge in [-0.2, -0.15) is 10.2 Å². The molecule has 0 unspecified atom stereocenters. The second-order valence-corrected chi connectivity index (χ2v) is 6.48. The maximum atomic E-state index is 12.5. The molecule has 10 nitrogen and oxygen atoms in total. The van der Waals surface area contributed by atoms with E-state index >= 15 is 0 Å². The van der Waals surface area contributed by atoms with Crippen LogP contribution in [0.5, 0.6) is 0 Å². The van der Waals surface area contributed by atoms with Gasteiger partial charge in [-0.25, -0.2) is 4.79 Å². The molecule has 2 heterocycles. The number of anilines is 1. The zero-order valence-corrected chi connectivity index (χ0v) is 15.0. The highest BCUT2D eigenvalue weighted by Gasteiger charge is 2.23. The van der Waals surface area contributed by atoms with Crippen LogP contribution in [0.1, 0.15) is 53.5 Å². The van der Waals surface area contributed by atoms with Crippen LogP contribution in [-0.4, -0.2) is 48.5 Å². The third kappa shape index (κ3) is 4.52. The van der Waals surface area contributed by atoms with E-state index in [0.29, 0.717) is 12.2 Å². The van der Waals surface area contributed by atoms with Gasteiger partial charge >= 0.3 is 5.97 Å². The van der Waals surface area contributed by atoms with E-state index < -0.39 is 11.9 Å². The standard InChI is InChI=1S/C17H22N6O4/c1-2-22-9-13(15(21-22)16(25)19-12-5-3-4-6-12)20-14(24)10-23-8-11(7-18-23)17(26)27/h7-9,12H,2-6,10H2,1H3,(H,19,25)(H,20,24)(H,26,27). The number of aryl methyl sites for hydroxylation is 1. The van der Waals surface area contributed by atoms with Crippen molar-refractivity contribution in [3.05, 3.63) is 29.8 Å². The molecule has 0 spiro atoms. The topological polar surface area (TPSA) is 131 Å². The van der Waals surface area contributed by atoms with Gasteiger partial charge in [-0.1, -0.05) is 12.8 Å². The maximum Gasteiger partial charge on any atom is 0.338 e. The minimum absolute atomic E-state index is 0.00164. The molecule has 144 valence electrons. The summed E-state index contributed by atoms with van der Waals surface area (Å²) in [6.45, 7) is 2.27. The highest BCUT2D eigenvalue weighted by atomic mass is 16.4. The SMILES string of the molecule is CCn1cc(NC(=O)Cn2cc(C(=O)O)cn2)c(C(=O)NC2CCCC2)n1. The molecule has 0 aliphatic heterocycles. The lowest BCUT2D eigenvalue weighted by Crippen LogP contribution is -2.33. The Kier molecular flexibility index (Phi) is 5.53. The first kappa shape index (κ1) is 18.6. The number of carboxylic acid groups (broad SMARTS) is 1. The number of amides is 2. The second-order valence-electron chi connectivity index (χ2n) is 6.48. The Bertz CT molecular complexity index is 849. The summed E-state index contributed by atoms with van der Waals surface area (Å²) in [6, 6.07) is 0.145. The van der Waals surface area contributed by atoms with Crippen LogP contribution in [0, 0.1) is 0 Å². The zero-order valence-electron chi connectivity index (χ0n) is 15.0. The fraction of sp³-hybridized carbons (Fsp3) is 0.471. The molecule has 2 amide bonds. The van der Waals surface area contributed by atoms with Crippen LogP contribution in [0.25, 0.3) is 0 Å². The van der Waals surface area contributed by atoms with E-state index in [-0.39, 0.29) is 29.8 Å². The van der Waals surface area contributed by atoms with Gasteiger partial charge in [-0.05, 0) is 19.8 Å². The molecule has 0 bridgehead atoms. The number of carbonyl (C=O) groups is 3. The number of rotatable bonds is 7.